The van der Waals surface area contributed by atoms with E-state index < -0.39 is 20.0 Å². The zero-order valence-corrected chi connectivity index (χ0v) is 48.2. The van der Waals surface area contributed by atoms with Crippen molar-refractivity contribution < 1.29 is 32.9 Å². The highest BCUT2D eigenvalue weighted by Gasteiger charge is 2.24. The van der Waals surface area contributed by atoms with E-state index in [1.54, 1.807) is 0 Å². The van der Waals surface area contributed by atoms with Gasteiger partial charge in [0.25, 0.3) is 7.82 Å². The number of likely N-dealkylation sites (N-methyl/N-ethyl adjacent to an activating group) is 1. The summed E-state index contributed by atoms with van der Waals surface area (Å²) in [7, 11) is 1.30. The fraction of sp³-hybridized carbons (Fsp3) is 0.730. The van der Waals surface area contributed by atoms with Gasteiger partial charge in [-0.1, -0.05) is 259 Å². The molecule has 0 aliphatic carbocycles. The second kappa shape index (κ2) is 53.3. The maximum Gasteiger partial charge on any atom is 0.268 e. The van der Waals surface area contributed by atoms with Crippen molar-refractivity contribution in [1.29, 1.82) is 0 Å². The summed E-state index contributed by atoms with van der Waals surface area (Å²) >= 11 is 0. The smallest absolute Gasteiger partial charge is 0.268 e. The zero-order chi connectivity index (χ0) is 52.7. The fourth-order valence-electron chi connectivity index (χ4n) is 8.23. The normalized spacial score (nSPS) is 14.6. The van der Waals surface area contributed by atoms with Gasteiger partial charge in [0.15, 0.2) is 0 Å². The Balaban J connectivity index is 4.04. The molecule has 0 heterocycles. The lowest BCUT2D eigenvalue weighted by atomic mass is 10.0. The van der Waals surface area contributed by atoms with Crippen LogP contribution in [0.1, 0.15) is 245 Å². The molecule has 1 amide bonds. The summed E-state index contributed by atoms with van der Waals surface area (Å²) in [5.41, 5.74) is 0. The first-order valence-corrected chi connectivity index (χ1v) is 31.0. The standard InChI is InChI=1S/C63H113N2O6P/c1-6-8-10-12-14-16-18-20-21-22-23-24-25-26-27-28-29-30-31-32-33-34-35-36-37-38-39-40-41-42-43-45-47-49-51-53-55-57-63(67)64-61(60-71-72(68,69)70-59-58-65(3,4)5)62(66)56-54-52-50-48-46-44-19-17-15-13-11-9-7-2/h8,10,14,16,20-21,23-24,26-27,29-30,32-33,35-36,61-62,66H,6-7,9,11-13,15,17-19,22,25,28,31,34,37-60H2,1-5H3,(H-,64,67,68,69)/b10-8-,16-14-,21-20-,24-23-,27-26-,30-29-,33-32-,36-35-. The number of unbranched alkanes of at least 4 members (excludes halogenated alkanes) is 24. The third-order valence-corrected chi connectivity index (χ3v) is 13.8. The van der Waals surface area contributed by atoms with Gasteiger partial charge >= 0.3 is 0 Å². The largest absolute Gasteiger partial charge is 0.756 e. The number of hydrogen-bond donors (Lipinski definition) is 2. The van der Waals surface area contributed by atoms with Crippen molar-refractivity contribution in [2.75, 3.05) is 40.9 Å². The SMILES string of the molecule is CC/C=C\C/C=C\C/C=C\C/C=C\C/C=C\C/C=C\C/C=C\C/C=C\CCCCCCCCCCCCCCC(=O)NC(COP(=O)([O-])OCC[N+](C)(C)C)C(O)CCCCCCCCCCCCCCC. The van der Waals surface area contributed by atoms with E-state index in [2.05, 4.69) is 116 Å². The van der Waals surface area contributed by atoms with E-state index >= 15 is 0 Å². The highest BCUT2D eigenvalue weighted by atomic mass is 31.2. The van der Waals surface area contributed by atoms with Crippen LogP contribution in [0.2, 0.25) is 0 Å². The van der Waals surface area contributed by atoms with E-state index in [1.165, 1.54) is 128 Å². The number of phosphoric acid groups is 1. The van der Waals surface area contributed by atoms with Gasteiger partial charge in [-0.3, -0.25) is 9.36 Å². The predicted octanol–water partition coefficient (Wildman–Crippen LogP) is 17.6. The zero-order valence-electron chi connectivity index (χ0n) is 47.4. The van der Waals surface area contributed by atoms with Crippen LogP contribution in [-0.4, -0.2) is 68.5 Å². The molecule has 0 aliphatic heterocycles. The molecule has 3 atom stereocenters. The van der Waals surface area contributed by atoms with E-state index in [-0.39, 0.29) is 19.1 Å². The Morgan fingerprint density at radius 3 is 1.24 bits per heavy atom. The highest BCUT2D eigenvalue weighted by Crippen LogP contribution is 2.38. The van der Waals surface area contributed by atoms with Crippen LogP contribution >= 0.6 is 7.82 Å². The third kappa shape index (κ3) is 55.2. The van der Waals surface area contributed by atoms with Crippen molar-refractivity contribution in [3.63, 3.8) is 0 Å². The average Bonchev–Trinajstić information content (AvgIpc) is 3.34. The minimum atomic E-state index is -4.57. The maximum atomic E-state index is 13.0. The average molecular weight is 1030 g/mol. The molecule has 8 nitrogen and oxygen atoms in total. The first-order chi connectivity index (χ1) is 35.0. The summed E-state index contributed by atoms with van der Waals surface area (Å²) < 4.78 is 23.4. The molecule has 0 rings (SSSR count). The van der Waals surface area contributed by atoms with Gasteiger partial charge in [-0.05, 0) is 77.0 Å². The molecule has 416 valence electrons. The van der Waals surface area contributed by atoms with Crippen molar-refractivity contribution in [3.05, 3.63) is 97.2 Å². The van der Waals surface area contributed by atoms with Crippen LogP contribution in [0.25, 0.3) is 0 Å². The first-order valence-electron chi connectivity index (χ1n) is 29.6. The molecule has 0 saturated heterocycles. The van der Waals surface area contributed by atoms with Crippen LogP contribution < -0.4 is 10.2 Å². The Labute approximate surface area is 445 Å². The van der Waals surface area contributed by atoms with Crippen molar-refractivity contribution in [3.8, 4) is 0 Å². The summed E-state index contributed by atoms with van der Waals surface area (Å²) in [5.74, 6) is -0.170. The number of rotatable bonds is 53. The van der Waals surface area contributed by atoms with E-state index in [0.29, 0.717) is 23.9 Å². The quantitative estimate of drug-likeness (QED) is 0.0272. The lowest BCUT2D eigenvalue weighted by Crippen LogP contribution is -2.46. The lowest BCUT2D eigenvalue weighted by Gasteiger charge is -2.30. The number of allylic oxidation sites excluding steroid dienone is 16. The lowest BCUT2D eigenvalue weighted by molar-refractivity contribution is -0.870. The van der Waals surface area contributed by atoms with E-state index in [1.807, 2.05) is 21.1 Å². The second-order valence-electron chi connectivity index (χ2n) is 21.0. The topological polar surface area (TPSA) is 108 Å². The van der Waals surface area contributed by atoms with Crippen molar-refractivity contribution in [2.24, 2.45) is 0 Å². The molecular formula is C63H113N2O6P. The molecule has 0 aromatic rings. The van der Waals surface area contributed by atoms with E-state index in [9.17, 15) is 19.4 Å². The number of carbonyl (C=O) groups is 1. The molecule has 3 unspecified atom stereocenters. The fourth-order valence-corrected chi connectivity index (χ4v) is 8.96. The van der Waals surface area contributed by atoms with Gasteiger partial charge in [0, 0.05) is 6.42 Å². The minimum absolute atomic E-state index is 0.00856. The van der Waals surface area contributed by atoms with E-state index in [0.717, 1.165) is 89.9 Å². The molecule has 0 bridgehead atoms. The Morgan fingerprint density at radius 2 is 0.847 bits per heavy atom. The number of nitrogens with one attached hydrogen (secondary N) is 1. The van der Waals surface area contributed by atoms with Gasteiger partial charge in [0.2, 0.25) is 5.91 Å². The Morgan fingerprint density at radius 1 is 0.500 bits per heavy atom. The summed E-state index contributed by atoms with van der Waals surface area (Å²) in [4.78, 5) is 25.5. The molecule has 0 spiro atoms. The van der Waals surface area contributed by atoms with Gasteiger partial charge in [-0.15, -0.1) is 0 Å². The molecule has 0 fully saturated rings. The highest BCUT2D eigenvalue weighted by molar-refractivity contribution is 7.45. The number of phosphoric ester groups is 1. The molecule has 0 aromatic heterocycles. The number of aliphatic hydroxyl groups excluding tert-OH is 1. The minimum Gasteiger partial charge on any atom is -0.756 e. The van der Waals surface area contributed by atoms with Crippen LogP contribution in [0.5, 0.6) is 0 Å². The Kier molecular flexibility index (Phi) is 51.3. The number of quaternary nitrogens is 1. The number of aliphatic hydroxyl groups is 1. The molecular weight excluding hydrogens is 912 g/mol. The van der Waals surface area contributed by atoms with Crippen LogP contribution in [0.3, 0.4) is 0 Å². The van der Waals surface area contributed by atoms with Crippen LogP contribution in [0.15, 0.2) is 97.2 Å². The molecule has 0 radical (unpaired) electrons. The van der Waals surface area contributed by atoms with Gasteiger partial charge in [0.1, 0.15) is 13.2 Å². The van der Waals surface area contributed by atoms with Gasteiger partial charge in [-0.2, -0.15) is 0 Å². The predicted molar refractivity (Wildman–Crippen MR) is 311 cm³/mol. The summed E-state index contributed by atoms with van der Waals surface area (Å²) in [5, 5.41) is 14.0. The van der Waals surface area contributed by atoms with E-state index in [4.69, 9.17) is 9.05 Å². The summed E-state index contributed by atoms with van der Waals surface area (Å²) in [6, 6.07) is -0.806. The molecule has 2 N–H and O–H groups in total. The molecule has 0 aromatic carbocycles. The summed E-state index contributed by atoms with van der Waals surface area (Å²) in [6.07, 6.45) is 75.9. The van der Waals surface area contributed by atoms with Gasteiger partial charge in [0.05, 0.1) is 39.9 Å². The number of hydrogen-bond acceptors (Lipinski definition) is 6. The molecule has 9 heteroatoms. The first kappa shape index (κ1) is 69.4. The Hall–Kier alpha value is -2.58. The van der Waals surface area contributed by atoms with Gasteiger partial charge < -0.3 is 28.8 Å². The van der Waals surface area contributed by atoms with Crippen molar-refractivity contribution in [1.82, 2.24) is 5.32 Å². The van der Waals surface area contributed by atoms with Crippen LogP contribution in [0.4, 0.5) is 0 Å². The Bertz CT molecular complexity index is 1490. The van der Waals surface area contributed by atoms with Crippen molar-refractivity contribution in [2.45, 2.75) is 257 Å². The van der Waals surface area contributed by atoms with Crippen LogP contribution in [-0.2, 0) is 18.4 Å². The maximum absolute atomic E-state index is 13.0. The van der Waals surface area contributed by atoms with Gasteiger partial charge in [-0.25, -0.2) is 0 Å². The number of carbonyl (C=O) groups excluding carboxylic acids is 1. The monoisotopic (exact) mass is 1020 g/mol. The second-order valence-corrected chi connectivity index (χ2v) is 22.4. The number of amides is 1. The molecule has 72 heavy (non-hydrogen) atoms. The molecule has 0 saturated carbocycles. The van der Waals surface area contributed by atoms with Crippen molar-refractivity contribution >= 4 is 13.7 Å². The third-order valence-electron chi connectivity index (χ3n) is 12.8. The number of nitrogens with zero attached hydrogens (tertiary/aromatic N) is 1. The van der Waals surface area contributed by atoms with Crippen LogP contribution in [0, 0.1) is 0 Å². The summed E-state index contributed by atoms with van der Waals surface area (Å²) in [6.45, 7) is 4.60. The molecule has 0 aliphatic rings.